The molecule has 0 N–H and O–H groups in total. The molecule has 496 valence electrons. The van der Waals surface area contributed by atoms with Crippen LogP contribution in [0.1, 0.15) is 180 Å². The molecule has 4 fully saturated rings. The Morgan fingerprint density at radius 2 is 1.11 bits per heavy atom. The quantitative estimate of drug-likeness (QED) is 0.141. The van der Waals surface area contributed by atoms with Gasteiger partial charge in [-0.25, -0.2) is 15.0 Å². The predicted molar refractivity (Wildman–Crippen MR) is 409 cm³/mol. The zero-order valence-corrected chi connectivity index (χ0v) is 60.2. The summed E-state index contributed by atoms with van der Waals surface area (Å²) < 4.78 is 1.28. The molecule has 9 aromatic rings. The number of thiazole rings is 1. The Balaban J connectivity index is 0.000000218. The lowest BCUT2D eigenvalue weighted by Gasteiger charge is -2.60. The highest BCUT2D eigenvalue weighted by Crippen LogP contribution is 2.63. The van der Waals surface area contributed by atoms with E-state index in [-0.39, 0.29) is 0 Å². The molecule has 7 nitrogen and oxygen atoms in total. The van der Waals surface area contributed by atoms with Gasteiger partial charge in [-0.3, -0.25) is 19.9 Å². The van der Waals surface area contributed by atoms with Crippen molar-refractivity contribution in [3.8, 4) is 0 Å². The van der Waals surface area contributed by atoms with Gasteiger partial charge in [-0.1, -0.05) is 219 Å². The average Bonchev–Trinajstić information content (AvgIpc) is 0.901. The first kappa shape index (κ1) is 78.1. The monoisotopic (exact) mass is 1270 g/mol. The molecular weight excluding hydrogens is 1160 g/mol. The van der Waals surface area contributed by atoms with Gasteiger partial charge in [0.15, 0.2) is 0 Å². The Hall–Kier alpha value is -8.33. The SMILES string of the molecule is CC12CC(C1)C2.CC1=CC=CC1.CC1=CCCCC1.CC1=NC=CC1.CC1CCCCC1.Cc1ccc2c(c1)CC=C2.Cc1ccccc1.Cc1ccccc1.Cc1ccccn1.Cc1cccnc1.Cc1ccncc1.Cc1cncnc1.Cc1nc2ccccc2s1. The molecule has 0 radical (unpaired) electrons. The van der Waals surface area contributed by atoms with Gasteiger partial charge in [0, 0.05) is 67.4 Å². The summed E-state index contributed by atoms with van der Waals surface area (Å²) in [5.41, 5.74) is 17.8. The maximum atomic E-state index is 4.33. The number of hydrogen-bond acceptors (Lipinski definition) is 8. The number of aryl methyl sites for hydroxylation is 8. The van der Waals surface area contributed by atoms with Crippen molar-refractivity contribution < 1.29 is 0 Å². The van der Waals surface area contributed by atoms with E-state index in [2.05, 4.69) is 174 Å². The Labute approximate surface area is 572 Å². The van der Waals surface area contributed by atoms with Gasteiger partial charge in [0.05, 0.1) is 15.2 Å². The zero-order chi connectivity index (χ0) is 67.9. The highest BCUT2D eigenvalue weighted by molar-refractivity contribution is 7.18. The van der Waals surface area contributed by atoms with Gasteiger partial charge < -0.3 is 0 Å². The number of rotatable bonds is 0. The molecular formula is C86H111N7S. The third-order valence-corrected chi connectivity index (χ3v) is 16.9. The molecule has 0 spiro atoms. The Morgan fingerprint density at radius 1 is 0.489 bits per heavy atom. The van der Waals surface area contributed by atoms with Gasteiger partial charge in [-0.15, -0.1) is 11.3 Å². The van der Waals surface area contributed by atoms with Crippen LogP contribution in [0.4, 0.5) is 0 Å². The highest BCUT2D eigenvalue weighted by Gasteiger charge is 2.52. The Bertz CT molecular complexity index is 3200. The minimum absolute atomic E-state index is 0.866. The van der Waals surface area contributed by atoms with E-state index in [4.69, 9.17) is 0 Å². The van der Waals surface area contributed by atoms with Crippen LogP contribution >= 0.6 is 11.3 Å². The van der Waals surface area contributed by atoms with E-state index in [0.29, 0.717) is 0 Å². The predicted octanol–water partition coefficient (Wildman–Crippen LogP) is 24.3. The number of aliphatic imine (C=N–C) groups is 1. The van der Waals surface area contributed by atoms with E-state index < -0.39 is 0 Å². The maximum absolute atomic E-state index is 4.33. The second-order valence-corrected chi connectivity index (χ2v) is 26.9. The number of aromatic nitrogens is 6. The summed E-state index contributed by atoms with van der Waals surface area (Å²) in [5.74, 6) is 2.21. The van der Waals surface area contributed by atoms with Gasteiger partial charge in [0.2, 0.25) is 0 Å². The van der Waals surface area contributed by atoms with Crippen molar-refractivity contribution in [2.24, 2.45) is 22.2 Å². The number of benzene rings is 4. The van der Waals surface area contributed by atoms with Crippen LogP contribution in [0.15, 0.2) is 254 Å². The van der Waals surface area contributed by atoms with E-state index in [0.717, 1.165) is 46.0 Å². The van der Waals surface area contributed by atoms with Gasteiger partial charge in [-0.2, -0.15) is 0 Å². The summed E-state index contributed by atoms with van der Waals surface area (Å²) in [7, 11) is 0. The molecule has 0 atom stereocenters. The van der Waals surface area contributed by atoms with Gasteiger partial charge in [-0.05, 0) is 221 Å². The zero-order valence-electron chi connectivity index (χ0n) is 59.4. The van der Waals surface area contributed by atoms with Crippen LogP contribution in [0.2, 0.25) is 0 Å². The molecule has 94 heavy (non-hydrogen) atoms. The molecule has 1 aliphatic heterocycles. The van der Waals surface area contributed by atoms with E-state index >= 15 is 0 Å². The van der Waals surface area contributed by atoms with Crippen molar-refractivity contribution in [3.63, 3.8) is 0 Å². The largest absolute Gasteiger partial charge is 0.266 e. The van der Waals surface area contributed by atoms with Crippen molar-refractivity contribution in [1.29, 1.82) is 0 Å². The molecule has 6 heterocycles. The standard InChI is InChI=1S/C10H10.C8H7NS.C7H14.C7H12.2C7H8.3C6H7N.C6H10.C6H8.C5H6N2.C5H7N/c1-8-5-6-9-3-2-4-10(9)7-8;1-6-9-7-4-2-3-5-8(7)10-6;4*1-7-5-3-2-4-6-7;1-6-2-4-7-5-3-6;1-6-3-2-4-7-5-6;1-6-4-2-3-5-7-6;1-6-2-5(3-6)4-6;1-6-4-2-3-5-6;1-5-2-6-4-7-3-5;1-5-3-2-4-6-5/h2-3,5-7H,4H2,1H3;2-5H,1H3;7H,2-6H2,1H3;5H,2-4,6H2,1H3;2*2-6H,1H3;3*2-5H,1H3;5H,2-4H2,1H3;2-4H,5H2,1H3;2-4H,1H3;2,4H,3H2,1H3. The molecule has 4 saturated carbocycles. The van der Waals surface area contributed by atoms with E-state index in [1.165, 1.54) is 131 Å². The van der Waals surface area contributed by atoms with Crippen LogP contribution in [0.5, 0.6) is 0 Å². The minimum atomic E-state index is 0.866. The van der Waals surface area contributed by atoms with Crippen molar-refractivity contribution in [2.45, 2.75) is 186 Å². The van der Waals surface area contributed by atoms with Crippen LogP contribution in [0.25, 0.3) is 16.3 Å². The van der Waals surface area contributed by atoms with Crippen molar-refractivity contribution in [1.82, 2.24) is 29.9 Å². The number of pyridine rings is 3. The molecule has 4 aromatic carbocycles. The summed E-state index contributed by atoms with van der Waals surface area (Å²) in [4.78, 5) is 27.6. The first-order valence-electron chi connectivity index (χ1n) is 34.1. The molecule has 8 heteroatoms. The van der Waals surface area contributed by atoms with Crippen LogP contribution < -0.4 is 0 Å². The minimum Gasteiger partial charge on any atom is -0.266 e. The van der Waals surface area contributed by atoms with E-state index in [1.54, 1.807) is 73.4 Å². The van der Waals surface area contributed by atoms with Crippen LogP contribution in [-0.2, 0) is 6.42 Å². The molecule has 0 saturated heterocycles. The van der Waals surface area contributed by atoms with Crippen LogP contribution in [0.3, 0.4) is 0 Å². The average molecular weight is 1270 g/mol. The fraction of sp³-hybridized carbons (Fsp3) is 0.360. The smallest absolute Gasteiger partial charge is 0.115 e. The molecule has 2 bridgehead atoms. The molecule has 0 unspecified atom stereocenters. The number of para-hydroxylation sites is 1. The van der Waals surface area contributed by atoms with E-state index in [1.807, 2.05) is 151 Å². The topological polar surface area (TPSA) is 89.7 Å². The fourth-order valence-corrected chi connectivity index (χ4v) is 11.2. The van der Waals surface area contributed by atoms with Gasteiger partial charge >= 0.3 is 0 Å². The third kappa shape index (κ3) is 38.0. The third-order valence-electron chi connectivity index (χ3n) is 15.9. The van der Waals surface area contributed by atoms with Gasteiger partial charge in [0.25, 0.3) is 0 Å². The Morgan fingerprint density at radius 3 is 1.46 bits per heavy atom. The molecule has 8 aliphatic rings. The van der Waals surface area contributed by atoms with E-state index in [9.17, 15) is 0 Å². The second kappa shape index (κ2) is 47.5. The normalized spacial score (nSPS) is 16.3. The lowest BCUT2D eigenvalue weighted by molar-refractivity contribution is -0.0882. The second-order valence-electron chi connectivity index (χ2n) is 25.7. The number of fused-ring (bicyclic) bond motifs is 2. The molecule has 0 amide bonds. The summed E-state index contributed by atoms with van der Waals surface area (Å²) in [5, 5.41) is 1.14. The van der Waals surface area contributed by atoms with Crippen molar-refractivity contribution >= 4 is 33.3 Å². The number of allylic oxidation sites excluding steroid dienone is 8. The van der Waals surface area contributed by atoms with Crippen LogP contribution in [-0.4, -0.2) is 35.6 Å². The molecule has 17 rings (SSSR count). The molecule has 7 aliphatic carbocycles. The molecule has 5 aromatic heterocycles. The van der Waals surface area contributed by atoms with Gasteiger partial charge in [0.1, 0.15) is 6.33 Å². The lowest BCUT2D eigenvalue weighted by Crippen LogP contribution is -2.48. The van der Waals surface area contributed by atoms with Crippen LogP contribution in [0, 0.1) is 72.6 Å². The maximum Gasteiger partial charge on any atom is 0.115 e. The fourth-order valence-electron chi connectivity index (χ4n) is 10.4. The lowest BCUT2D eigenvalue weighted by atomic mass is 9.46. The Kier molecular flexibility index (Phi) is 39.5. The summed E-state index contributed by atoms with van der Waals surface area (Å²) in [6.07, 6.45) is 52.0. The van der Waals surface area contributed by atoms with Crippen molar-refractivity contribution in [3.05, 3.63) is 304 Å². The van der Waals surface area contributed by atoms with Crippen molar-refractivity contribution in [2.75, 3.05) is 0 Å². The summed E-state index contributed by atoms with van der Waals surface area (Å²) in [6, 6.07) is 49.1. The number of nitrogens with zero attached hydrogens (tertiary/aromatic N) is 7. The summed E-state index contributed by atoms with van der Waals surface area (Å²) in [6.45, 7) is 27.5. The first-order chi connectivity index (χ1) is 45.4. The first-order valence-corrected chi connectivity index (χ1v) is 34.9. The number of hydrogen-bond donors (Lipinski definition) is 0. The highest BCUT2D eigenvalue weighted by atomic mass is 32.1. The summed E-state index contributed by atoms with van der Waals surface area (Å²) >= 11 is 1.74.